The van der Waals surface area contributed by atoms with Gasteiger partial charge in [0.2, 0.25) is 0 Å². The van der Waals surface area contributed by atoms with Gasteiger partial charge in [-0.05, 0) is 31.5 Å². The molecule has 0 aliphatic carbocycles. The smallest absolute Gasteiger partial charge is 0.260 e. The quantitative estimate of drug-likeness (QED) is 0.890. The lowest BCUT2D eigenvalue weighted by atomic mass is 10.1. The molecule has 1 unspecified atom stereocenters. The molecule has 1 atom stereocenters. The van der Waals surface area contributed by atoms with Crippen LogP contribution in [0.2, 0.25) is 0 Å². The first-order valence-electron chi connectivity index (χ1n) is 6.65. The van der Waals surface area contributed by atoms with Gasteiger partial charge in [0, 0.05) is 19.3 Å². The molecule has 0 fully saturated rings. The number of rotatable bonds is 5. The van der Waals surface area contributed by atoms with E-state index >= 15 is 0 Å². The Balaban J connectivity index is 2.26. The summed E-state index contributed by atoms with van der Waals surface area (Å²) in [4.78, 5) is 3.97. The second-order valence-electron chi connectivity index (χ2n) is 4.86. The topological polar surface area (TPSA) is 71.1 Å². The number of hydrogen-bond donors (Lipinski definition) is 2. The van der Waals surface area contributed by atoms with Crippen LogP contribution in [0.15, 0.2) is 47.6 Å². The molecule has 2 rings (SSSR count). The number of pyridine rings is 1. The Labute approximate surface area is 125 Å². The Hall–Kier alpha value is -1.92. The number of hydrogen-bond acceptors (Lipinski definition) is 4. The number of benzene rings is 1. The van der Waals surface area contributed by atoms with Crippen LogP contribution in [0.3, 0.4) is 0 Å². The van der Waals surface area contributed by atoms with Gasteiger partial charge < -0.3 is 5.32 Å². The van der Waals surface area contributed by atoms with Crippen molar-refractivity contribution in [2.45, 2.75) is 24.9 Å². The number of aromatic nitrogens is 1. The zero-order valence-electron chi connectivity index (χ0n) is 12.3. The van der Waals surface area contributed by atoms with Crippen LogP contribution in [-0.2, 0) is 10.0 Å². The van der Waals surface area contributed by atoms with Gasteiger partial charge in [-0.25, -0.2) is 18.1 Å². The van der Waals surface area contributed by atoms with Gasteiger partial charge in [-0.3, -0.25) is 0 Å². The van der Waals surface area contributed by atoms with Gasteiger partial charge in [-0.15, -0.1) is 0 Å². The second-order valence-corrected chi connectivity index (χ2v) is 6.49. The van der Waals surface area contributed by atoms with E-state index in [1.165, 1.54) is 6.20 Å². The molecule has 2 aromatic rings. The third-order valence-corrected chi connectivity index (χ3v) is 4.70. The molecule has 5 nitrogen and oxygen atoms in total. The molecule has 6 heteroatoms. The molecule has 1 heterocycles. The third kappa shape index (κ3) is 3.59. The monoisotopic (exact) mass is 305 g/mol. The van der Waals surface area contributed by atoms with Crippen molar-refractivity contribution >= 4 is 15.7 Å². The molecular formula is C15H19N3O2S. The van der Waals surface area contributed by atoms with Crippen molar-refractivity contribution in [2.75, 3.05) is 12.4 Å². The molecular weight excluding hydrogens is 286 g/mol. The highest BCUT2D eigenvalue weighted by molar-refractivity contribution is 7.89. The summed E-state index contributed by atoms with van der Waals surface area (Å²) in [6.45, 7) is 3.80. The van der Waals surface area contributed by atoms with E-state index in [0.717, 1.165) is 11.1 Å². The van der Waals surface area contributed by atoms with Crippen LogP contribution < -0.4 is 10.0 Å². The van der Waals surface area contributed by atoms with E-state index in [9.17, 15) is 8.42 Å². The zero-order chi connectivity index (χ0) is 15.5. The van der Waals surface area contributed by atoms with E-state index in [0.29, 0.717) is 5.69 Å². The number of sulfonamides is 1. The van der Waals surface area contributed by atoms with Crippen LogP contribution in [0.5, 0.6) is 0 Å². The molecule has 0 amide bonds. The van der Waals surface area contributed by atoms with Gasteiger partial charge in [-0.1, -0.05) is 29.8 Å². The molecule has 0 aliphatic heterocycles. The minimum Gasteiger partial charge on any atom is -0.386 e. The summed E-state index contributed by atoms with van der Waals surface area (Å²) in [6, 6.07) is 10.8. The van der Waals surface area contributed by atoms with Crippen LogP contribution in [0.4, 0.5) is 5.69 Å². The molecule has 0 saturated heterocycles. The van der Waals surface area contributed by atoms with Crippen LogP contribution >= 0.6 is 0 Å². The first-order chi connectivity index (χ1) is 9.94. The molecule has 0 bridgehead atoms. The molecule has 0 saturated carbocycles. The van der Waals surface area contributed by atoms with Crippen LogP contribution in [0.1, 0.15) is 24.1 Å². The molecule has 0 aliphatic rings. The molecule has 0 spiro atoms. The van der Waals surface area contributed by atoms with E-state index in [2.05, 4.69) is 15.0 Å². The summed E-state index contributed by atoms with van der Waals surface area (Å²) in [6.07, 6.45) is 1.46. The standard InChI is InChI=1S/C15H19N3O2S/c1-11-6-8-13(9-7-11)12(2)18-21(19,20)15-14(16-3)5-4-10-17-15/h4-10,12,16,18H,1-3H3. The fourth-order valence-electron chi connectivity index (χ4n) is 2.01. The maximum atomic E-state index is 12.4. The number of anilines is 1. The largest absolute Gasteiger partial charge is 0.386 e. The predicted octanol–water partition coefficient (Wildman–Crippen LogP) is 2.47. The summed E-state index contributed by atoms with van der Waals surface area (Å²) >= 11 is 0. The molecule has 2 N–H and O–H groups in total. The van der Waals surface area contributed by atoms with Crippen LogP contribution in [-0.4, -0.2) is 20.4 Å². The van der Waals surface area contributed by atoms with Crippen molar-refractivity contribution in [3.05, 3.63) is 53.7 Å². The first-order valence-corrected chi connectivity index (χ1v) is 8.14. The summed E-state index contributed by atoms with van der Waals surface area (Å²) in [7, 11) is -2.02. The average Bonchev–Trinajstić information content (AvgIpc) is 2.47. The highest BCUT2D eigenvalue weighted by atomic mass is 32.2. The Bertz CT molecular complexity index is 712. The zero-order valence-corrected chi connectivity index (χ0v) is 13.1. The molecule has 0 radical (unpaired) electrons. The van der Waals surface area contributed by atoms with Crippen molar-refractivity contribution in [3.8, 4) is 0 Å². The second kappa shape index (κ2) is 6.24. The Morgan fingerprint density at radius 3 is 2.43 bits per heavy atom. The molecule has 1 aromatic carbocycles. The fourth-order valence-corrected chi connectivity index (χ4v) is 3.38. The predicted molar refractivity (Wildman–Crippen MR) is 83.7 cm³/mol. The normalized spacial score (nSPS) is 12.9. The van der Waals surface area contributed by atoms with Gasteiger partial charge in [0.15, 0.2) is 5.03 Å². The lowest BCUT2D eigenvalue weighted by Crippen LogP contribution is -2.28. The summed E-state index contributed by atoms with van der Waals surface area (Å²) in [5.41, 5.74) is 2.52. The number of nitrogens with zero attached hydrogens (tertiary/aromatic N) is 1. The van der Waals surface area contributed by atoms with Gasteiger partial charge >= 0.3 is 0 Å². The SMILES string of the molecule is CNc1cccnc1S(=O)(=O)NC(C)c1ccc(C)cc1. The van der Waals surface area contributed by atoms with Crippen LogP contribution in [0, 0.1) is 6.92 Å². The summed E-state index contributed by atoms with van der Waals surface area (Å²) in [5, 5.41) is 2.85. The van der Waals surface area contributed by atoms with E-state index in [4.69, 9.17) is 0 Å². The minimum atomic E-state index is -3.68. The van der Waals surface area contributed by atoms with E-state index in [1.54, 1.807) is 19.2 Å². The summed E-state index contributed by atoms with van der Waals surface area (Å²) in [5.74, 6) is 0. The van der Waals surface area contributed by atoms with Crippen molar-refractivity contribution < 1.29 is 8.42 Å². The van der Waals surface area contributed by atoms with Crippen molar-refractivity contribution in [1.29, 1.82) is 0 Å². The van der Waals surface area contributed by atoms with Gasteiger partial charge in [0.1, 0.15) is 0 Å². The maximum Gasteiger partial charge on any atom is 0.260 e. The lowest BCUT2D eigenvalue weighted by molar-refractivity contribution is 0.563. The van der Waals surface area contributed by atoms with Gasteiger partial charge in [0.25, 0.3) is 10.0 Å². The minimum absolute atomic E-state index is 0.00598. The van der Waals surface area contributed by atoms with E-state index < -0.39 is 10.0 Å². The highest BCUT2D eigenvalue weighted by Gasteiger charge is 2.22. The van der Waals surface area contributed by atoms with Crippen molar-refractivity contribution in [1.82, 2.24) is 9.71 Å². The maximum absolute atomic E-state index is 12.4. The van der Waals surface area contributed by atoms with Crippen molar-refractivity contribution in [2.24, 2.45) is 0 Å². The van der Waals surface area contributed by atoms with Gasteiger partial charge in [0.05, 0.1) is 5.69 Å². The third-order valence-electron chi connectivity index (χ3n) is 3.20. The lowest BCUT2D eigenvalue weighted by Gasteiger charge is -2.16. The van der Waals surface area contributed by atoms with Gasteiger partial charge in [-0.2, -0.15) is 0 Å². The highest BCUT2D eigenvalue weighted by Crippen LogP contribution is 2.21. The molecule has 21 heavy (non-hydrogen) atoms. The average molecular weight is 305 g/mol. The molecule has 1 aromatic heterocycles. The van der Waals surface area contributed by atoms with E-state index in [-0.39, 0.29) is 11.1 Å². The Morgan fingerprint density at radius 1 is 1.14 bits per heavy atom. The summed E-state index contributed by atoms with van der Waals surface area (Å²) < 4.78 is 27.6. The van der Waals surface area contributed by atoms with E-state index in [1.807, 2.05) is 38.1 Å². The molecule has 112 valence electrons. The van der Waals surface area contributed by atoms with Crippen LogP contribution in [0.25, 0.3) is 0 Å². The fraction of sp³-hybridized carbons (Fsp3) is 0.267. The van der Waals surface area contributed by atoms with Crippen molar-refractivity contribution in [3.63, 3.8) is 0 Å². The Morgan fingerprint density at radius 2 is 1.81 bits per heavy atom. The number of nitrogens with one attached hydrogen (secondary N) is 2. The Kier molecular flexibility index (Phi) is 4.59. The first kappa shape index (κ1) is 15.5. The number of aryl methyl sites for hydroxylation is 1.